The van der Waals surface area contributed by atoms with Crippen molar-refractivity contribution in [3.63, 3.8) is 0 Å². The Bertz CT molecular complexity index is 859. The molecule has 0 radical (unpaired) electrons. The summed E-state index contributed by atoms with van der Waals surface area (Å²) in [5, 5.41) is 0. The fraction of sp³-hybridized carbons (Fsp3) is 0.318. The molecule has 28 heavy (non-hydrogen) atoms. The van der Waals surface area contributed by atoms with E-state index < -0.39 is 5.97 Å². The van der Waals surface area contributed by atoms with Gasteiger partial charge in [0, 0.05) is 24.2 Å². The van der Waals surface area contributed by atoms with Crippen molar-refractivity contribution < 1.29 is 23.9 Å². The Morgan fingerprint density at radius 2 is 1.89 bits per heavy atom. The smallest absolute Gasteiger partial charge is 0.309 e. The van der Waals surface area contributed by atoms with E-state index in [1.165, 1.54) is 0 Å². The second kappa shape index (κ2) is 9.17. The normalized spacial score (nSPS) is 13.5. The largest absolute Gasteiger partial charge is 0.493 e. The van der Waals surface area contributed by atoms with Crippen LogP contribution in [-0.4, -0.2) is 37.4 Å². The lowest BCUT2D eigenvalue weighted by atomic mass is 10.1. The zero-order valence-electron chi connectivity index (χ0n) is 15.8. The molecule has 0 spiro atoms. The summed E-state index contributed by atoms with van der Waals surface area (Å²) in [6.45, 7) is 2.54. The van der Waals surface area contributed by atoms with Crippen LogP contribution in [0.4, 0.5) is 5.69 Å². The first-order chi connectivity index (χ1) is 13.5. The summed E-state index contributed by atoms with van der Waals surface area (Å²) in [5.41, 5.74) is 2.30. The van der Waals surface area contributed by atoms with Crippen LogP contribution in [0, 0.1) is 6.92 Å². The summed E-state index contributed by atoms with van der Waals surface area (Å²) in [6, 6.07) is 14.3. The van der Waals surface area contributed by atoms with Crippen LogP contribution in [0.3, 0.4) is 0 Å². The van der Waals surface area contributed by atoms with E-state index in [2.05, 4.69) is 0 Å². The average molecular weight is 381 g/mol. The molecule has 1 aliphatic heterocycles. The summed E-state index contributed by atoms with van der Waals surface area (Å²) < 4.78 is 10.5. The molecule has 6 heteroatoms. The first kappa shape index (κ1) is 19.6. The molecule has 0 atom stereocenters. The van der Waals surface area contributed by atoms with Gasteiger partial charge in [0.05, 0.1) is 13.0 Å². The zero-order chi connectivity index (χ0) is 19.9. The van der Waals surface area contributed by atoms with Crippen LogP contribution in [-0.2, 0) is 14.3 Å². The predicted molar refractivity (Wildman–Crippen MR) is 105 cm³/mol. The lowest BCUT2D eigenvalue weighted by Gasteiger charge is -2.15. The molecule has 2 aromatic carbocycles. The van der Waals surface area contributed by atoms with Crippen LogP contribution in [0.15, 0.2) is 48.5 Å². The van der Waals surface area contributed by atoms with E-state index in [1.807, 2.05) is 31.2 Å². The Hall–Kier alpha value is -3.15. The molecule has 6 nitrogen and oxygen atoms in total. The number of Topliss-reactive ketones (excluding diaryl/α,β-unsaturated/α-hetero) is 1. The van der Waals surface area contributed by atoms with Crippen molar-refractivity contribution in [3.8, 4) is 5.75 Å². The maximum Gasteiger partial charge on any atom is 0.309 e. The maximum atomic E-state index is 12.2. The predicted octanol–water partition coefficient (Wildman–Crippen LogP) is 3.32. The average Bonchev–Trinajstić information content (AvgIpc) is 3.12. The molecule has 1 heterocycles. The lowest BCUT2D eigenvalue weighted by Crippen LogP contribution is -2.23. The Labute approximate surface area is 164 Å². The number of benzene rings is 2. The van der Waals surface area contributed by atoms with Crippen molar-refractivity contribution >= 4 is 23.3 Å². The fourth-order valence-corrected chi connectivity index (χ4v) is 3.01. The third-order valence-corrected chi connectivity index (χ3v) is 4.50. The number of carbonyl (C=O) groups excluding carboxylic acids is 3. The van der Waals surface area contributed by atoms with E-state index >= 15 is 0 Å². The van der Waals surface area contributed by atoms with Crippen molar-refractivity contribution in [3.05, 3.63) is 59.7 Å². The number of aryl methyl sites for hydroxylation is 1. The number of amides is 1. The van der Waals surface area contributed by atoms with Gasteiger partial charge in [-0.1, -0.05) is 12.1 Å². The molecule has 0 bridgehead atoms. The zero-order valence-corrected chi connectivity index (χ0v) is 15.8. The molecule has 0 N–H and O–H groups in total. The van der Waals surface area contributed by atoms with Crippen LogP contribution < -0.4 is 9.64 Å². The highest BCUT2D eigenvalue weighted by molar-refractivity contribution is 5.99. The number of carbonyl (C=O) groups is 3. The monoisotopic (exact) mass is 381 g/mol. The minimum atomic E-state index is -0.486. The number of anilines is 1. The molecule has 0 saturated carbocycles. The minimum Gasteiger partial charge on any atom is -0.493 e. The highest BCUT2D eigenvalue weighted by Gasteiger charge is 2.21. The van der Waals surface area contributed by atoms with Gasteiger partial charge in [-0.15, -0.1) is 0 Å². The Kier molecular flexibility index (Phi) is 6.42. The number of hydrogen-bond donors (Lipinski definition) is 0. The van der Waals surface area contributed by atoms with E-state index in [0.29, 0.717) is 24.3 Å². The fourth-order valence-electron chi connectivity index (χ4n) is 3.01. The number of ether oxygens (including phenoxy) is 2. The lowest BCUT2D eigenvalue weighted by molar-refractivity contribution is -0.143. The first-order valence-electron chi connectivity index (χ1n) is 9.31. The van der Waals surface area contributed by atoms with Crippen LogP contribution in [0.5, 0.6) is 5.75 Å². The van der Waals surface area contributed by atoms with Gasteiger partial charge in [-0.3, -0.25) is 14.4 Å². The van der Waals surface area contributed by atoms with Gasteiger partial charge in [0.1, 0.15) is 5.75 Å². The molecular weight excluding hydrogens is 358 g/mol. The van der Waals surface area contributed by atoms with Crippen molar-refractivity contribution in [1.29, 1.82) is 0 Å². The number of rotatable bonds is 8. The number of esters is 1. The molecule has 0 aliphatic carbocycles. The van der Waals surface area contributed by atoms with Crippen LogP contribution in [0.1, 0.15) is 35.2 Å². The molecule has 3 rings (SSSR count). The topological polar surface area (TPSA) is 72.9 Å². The number of nitrogens with zero attached hydrogens (tertiary/aromatic N) is 1. The highest BCUT2D eigenvalue weighted by Crippen LogP contribution is 2.21. The standard InChI is InChI=1S/C22H23NO5/c1-16-4-2-5-19(14-16)27-13-11-22(26)28-15-20(24)17-7-9-18(10-8-17)23-12-3-6-21(23)25/h2,4-5,7-10,14H,3,6,11-13,15H2,1H3. The minimum absolute atomic E-state index is 0.0667. The molecule has 1 aliphatic rings. The van der Waals surface area contributed by atoms with Gasteiger partial charge < -0.3 is 14.4 Å². The van der Waals surface area contributed by atoms with Crippen LogP contribution in [0.25, 0.3) is 0 Å². The van der Waals surface area contributed by atoms with Crippen LogP contribution >= 0.6 is 0 Å². The molecule has 0 aromatic heterocycles. The summed E-state index contributed by atoms with van der Waals surface area (Å²) in [5.74, 6) is 0.0221. The number of ketones is 1. The van der Waals surface area contributed by atoms with E-state index in [9.17, 15) is 14.4 Å². The Morgan fingerprint density at radius 1 is 1.11 bits per heavy atom. The first-order valence-corrected chi connectivity index (χ1v) is 9.31. The maximum absolute atomic E-state index is 12.2. The second-order valence-electron chi connectivity index (χ2n) is 6.69. The third-order valence-electron chi connectivity index (χ3n) is 4.50. The van der Waals surface area contributed by atoms with Gasteiger partial charge >= 0.3 is 5.97 Å². The van der Waals surface area contributed by atoms with E-state index in [4.69, 9.17) is 9.47 Å². The van der Waals surface area contributed by atoms with Gasteiger partial charge in [-0.05, 0) is 55.3 Å². The van der Waals surface area contributed by atoms with Gasteiger partial charge in [-0.25, -0.2) is 0 Å². The van der Waals surface area contributed by atoms with E-state index in [-0.39, 0.29) is 31.3 Å². The van der Waals surface area contributed by atoms with Crippen molar-refractivity contribution in [2.75, 3.05) is 24.7 Å². The summed E-state index contributed by atoms with van der Waals surface area (Å²) in [6.07, 6.45) is 1.48. The van der Waals surface area contributed by atoms with Gasteiger partial charge in [0.2, 0.25) is 5.91 Å². The molecule has 2 aromatic rings. The quantitative estimate of drug-likeness (QED) is 0.518. The Morgan fingerprint density at radius 3 is 2.57 bits per heavy atom. The molecule has 0 unspecified atom stereocenters. The number of hydrogen-bond acceptors (Lipinski definition) is 5. The third kappa shape index (κ3) is 5.19. The van der Waals surface area contributed by atoms with Gasteiger partial charge in [0.15, 0.2) is 12.4 Å². The summed E-state index contributed by atoms with van der Waals surface area (Å²) >= 11 is 0. The van der Waals surface area contributed by atoms with Crippen molar-refractivity contribution in [2.24, 2.45) is 0 Å². The second-order valence-corrected chi connectivity index (χ2v) is 6.69. The van der Waals surface area contributed by atoms with Crippen molar-refractivity contribution in [2.45, 2.75) is 26.2 Å². The highest BCUT2D eigenvalue weighted by atomic mass is 16.5. The van der Waals surface area contributed by atoms with Crippen molar-refractivity contribution in [1.82, 2.24) is 0 Å². The molecular formula is C22H23NO5. The molecule has 146 valence electrons. The molecule has 1 fully saturated rings. The Balaban J connectivity index is 1.42. The SMILES string of the molecule is Cc1cccc(OCCC(=O)OCC(=O)c2ccc(N3CCCC3=O)cc2)c1. The van der Waals surface area contributed by atoms with E-state index in [1.54, 1.807) is 29.2 Å². The van der Waals surface area contributed by atoms with E-state index in [0.717, 1.165) is 17.7 Å². The van der Waals surface area contributed by atoms with Gasteiger partial charge in [0.25, 0.3) is 0 Å². The summed E-state index contributed by atoms with van der Waals surface area (Å²) in [7, 11) is 0. The van der Waals surface area contributed by atoms with Gasteiger partial charge in [-0.2, -0.15) is 0 Å². The molecule has 1 saturated heterocycles. The summed E-state index contributed by atoms with van der Waals surface area (Å²) in [4.78, 5) is 37.5. The molecule has 1 amide bonds. The van der Waals surface area contributed by atoms with Crippen LogP contribution in [0.2, 0.25) is 0 Å².